The summed E-state index contributed by atoms with van der Waals surface area (Å²) in [7, 11) is 0. The van der Waals surface area contributed by atoms with Crippen molar-refractivity contribution in [3.63, 3.8) is 0 Å². The van der Waals surface area contributed by atoms with Gasteiger partial charge in [0.05, 0.1) is 6.10 Å². The van der Waals surface area contributed by atoms with Crippen molar-refractivity contribution < 1.29 is 9.90 Å². The molecule has 1 heterocycles. The summed E-state index contributed by atoms with van der Waals surface area (Å²) < 4.78 is 2.00. The molecule has 2 N–H and O–H groups in total. The molecule has 2 rings (SSSR count). The second kappa shape index (κ2) is 5.00. The lowest BCUT2D eigenvalue weighted by Crippen LogP contribution is -2.44. The molecule has 2 atom stereocenters. The van der Waals surface area contributed by atoms with Gasteiger partial charge in [0.25, 0.3) is 0 Å². The minimum Gasteiger partial charge on any atom is -0.388 e. The number of carbonyl (C=O) groups is 1. The van der Waals surface area contributed by atoms with Gasteiger partial charge >= 0.3 is 0 Å². The number of aliphatic hydroxyl groups is 1. The molecule has 1 aromatic rings. The minimum absolute atomic E-state index is 0.0194. The van der Waals surface area contributed by atoms with Crippen molar-refractivity contribution in [3.8, 4) is 0 Å². The molecule has 1 amide bonds. The van der Waals surface area contributed by atoms with Crippen LogP contribution in [0.1, 0.15) is 63.9 Å². The van der Waals surface area contributed by atoms with Gasteiger partial charge in [-0.25, -0.2) is 0 Å². The molecule has 0 saturated carbocycles. The number of carbonyl (C=O) groups excluding carboxylic acids is 1. The van der Waals surface area contributed by atoms with E-state index in [1.165, 1.54) is 0 Å². The summed E-state index contributed by atoms with van der Waals surface area (Å²) >= 11 is 0. The molecule has 0 spiro atoms. The lowest BCUT2D eigenvalue weighted by Gasteiger charge is -2.26. The van der Waals surface area contributed by atoms with Gasteiger partial charge in [-0.15, -0.1) is 0 Å². The fourth-order valence-corrected chi connectivity index (χ4v) is 2.65. The topological polar surface area (TPSA) is 54.3 Å². The molecule has 1 aliphatic carbocycles. The van der Waals surface area contributed by atoms with Crippen LogP contribution in [0.4, 0.5) is 0 Å². The van der Waals surface area contributed by atoms with E-state index < -0.39 is 0 Å². The molecule has 0 fully saturated rings. The van der Waals surface area contributed by atoms with E-state index in [0.717, 1.165) is 30.5 Å². The second-order valence-electron chi connectivity index (χ2n) is 6.45. The van der Waals surface area contributed by atoms with E-state index in [1.807, 2.05) is 44.5 Å². The molecule has 19 heavy (non-hydrogen) atoms. The lowest BCUT2D eigenvalue weighted by molar-refractivity contribution is -0.125. The minimum atomic E-state index is -0.372. The Morgan fingerprint density at radius 2 is 2.21 bits per heavy atom. The fourth-order valence-electron chi connectivity index (χ4n) is 2.65. The summed E-state index contributed by atoms with van der Waals surface area (Å²) in [5.41, 5.74) is 1.87. The Hall–Kier alpha value is -1.29. The number of hydrogen-bond acceptors (Lipinski definition) is 2. The highest BCUT2D eigenvalue weighted by molar-refractivity contribution is 5.80. The van der Waals surface area contributed by atoms with E-state index in [2.05, 4.69) is 5.32 Å². The van der Waals surface area contributed by atoms with Gasteiger partial charge in [-0.05, 0) is 53.0 Å². The summed E-state index contributed by atoms with van der Waals surface area (Å²) in [4.78, 5) is 12.2. The van der Waals surface area contributed by atoms with E-state index >= 15 is 0 Å². The number of aromatic nitrogens is 1. The third kappa shape index (κ3) is 3.00. The Morgan fingerprint density at radius 1 is 1.53 bits per heavy atom. The van der Waals surface area contributed by atoms with E-state index in [0.29, 0.717) is 0 Å². The zero-order chi connectivity index (χ0) is 14.2. The maximum Gasteiger partial charge on any atom is 0.243 e. The zero-order valence-corrected chi connectivity index (χ0v) is 12.2. The number of amides is 1. The van der Waals surface area contributed by atoms with Crippen LogP contribution in [0.25, 0.3) is 0 Å². The summed E-state index contributed by atoms with van der Waals surface area (Å²) in [6.45, 7) is 7.84. The molecule has 1 aliphatic rings. The van der Waals surface area contributed by atoms with Gasteiger partial charge < -0.3 is 15.0 Å². The smallest absolute Gasteiger partial charge is 0.243 e. The van der Waals surface area contributed by atoms with Crippen LogP contribution in [0.5, 0.6) is 0 Å². The average molecular weight is 264 g/mol. The van der Waals surface area contributed by atoms with Crippen molar-refractivity contribution in [3.05, 3.63) is 23.5 Å². The van der Waals surface area contributed by atoms with Gasteiger partial charge in [0, 0.05) is 23.0 Å². The van der Waals surface area contributed by atoms with Gasteiger partial charge in [0.15, 0.2) is 0 Å². The first-order chi connectivity index (χ1) is 8.79. The van der Waals surface area contributed by atoms with Crippen molar-refractivity contribution in [1.82, 2.24) is 9.88 Å². The van der Waals surface area contributed by atoms with Crippen LogP contribution in [-0.4, -0.2) is 21.1 Å². The van der Waals surface area contributed by atoms with Crippen LogP contribution >= 0.6 is 0 Å². The van der Waals surface area contributed by atoms with E-state index in [9.17, 15) is 9.90 Å². The van der Waals surface area contributed by atoms with Crippen molar-refractivity contribution in [1.29, 1.82) is 0 Å². The molecule has 0 saturated heterocycles. The van der Waals surface area contributed by atoms with Crippen molar-refractivity contribution >= 4 is 5.91 Å². The van der Waals surface area contributed by atoms with Gasteiger partial charge in [-0.3, -0.25) is 4.79 Å². The van der Waals surface area contributed by atoms with E-state index in [4.69, 9.17) is 0 Å². The third-order valence-corrected chi connectivity index (χ3v) is 3.60. The highest BCUT2D eigenvalue weighted by atomic mass is 16.3. The van der Waals surface area contributed by atoms with Crippen molar-refractivity contribution in [2.24, 2.45) is 0 Å². The molecule has 1 aromatic heterocycles. The first-order valence-electron chi connectivity index (χ1n) is 6.99. The maximum absolute atomic E-state index is 12.2. The summed E-state index contributed by atoms with van der Waals surface area (Å²) in [5.74, 6) is 0.0194. The molecule has 106 valence electrons. The lowest BCUT2D eigenvalue weighted by atomic mass is 9.95. The van der Waals surface area contributed by atoms with Gasteiger partial charge in [-0.2, -0.15) is 0 Å². The molecule has 0 aliphatic heterocycles. The molecular formula is C15H24N2O2. The maximum atomic E-state index is 12.2. The number of fused-ring (bicyclic) bond motifs is 1. The highest BCUT2D eigenvalue weighted by Gasteiger charge is 2.26. The Bertz CT molecular complexity index is 471. The predicted octanol–water partition coefficient (Wildman–Crippen LogP) is 2.33. The molecule has 2 unspecified atom stereocenters. The Kier molecular flexibility index (Phi) is 3.72. The predicted molar refractivity (Wildman–Crippen MR) is 74.9 cm³/mol. The monoisotopic (exact) mass is 264 g/mol. The molecule has 0 aromatic carbocycles. The van der Waals surface area contributed by atoms with Crippen LogP contribution in [0, 0.1) is 0 Å². The molecule has 4 nitrogen and oxygen atoms in total. The van der Waals surface area contributed by atoms with Crippen LogP contribution < -0.4 is 5.32 Å². The van der Waals surface area contributed by atoms with Crippen LogP contribution in [0.2, 0.25) is 0 Å². The molecular weight excluding hydrogens is 240 g/mol. The molecule has 4 heteroatoms. The van der Waals surface area contributed by atoms with Gasteiger partial charge in [0.2, 0.25) is 5.91 Å². The first kappa shape index (κ1) is 14.1. The zero-order valence-electron chi connectivity index (χ0n) is 12.2. The van der Waals surface area contributed by atoms with Crippen LogP contribution in [0.3, 0.4) is 0 Å². The normalized spacial score (nSPS) is 20.8. The number of aliphatic hydroxyl groups excluding tert-OH is 1. The standard InChI is InChI=1S/C15H24N2O2/c1-10(14(19)16-15(2,3)4)17-9-8-11-12(17)6-5-7-13(11)18/h8-10,13,18H,5-7H2,1-4H3,(H,16,19). The first-order valence-corrected chi connectivity index (χ1v) is 6.99. The van der Waals surface area contributed by atoms with Crippen LogP contribution in [-0.2, 0) is 11.2 Å². The van der Waals surface area contributed by atoms with E-state index in [-0.39, 0.29) is 23.6 Å². The Morgan fingerprint density at radius 3 is 2.84 bits per heavy atom. The number of nitrogens with zero attached hydrogens (tertiary/aromatic N) is 1. The Balaban J connectivity index is 2.21. The number of nitrogens with one attached hydrogen (secondary N) is 1. The van der Waals surface area contributed by atoms with Crippen LogP contribution in [0.15, 0.2) is 12.3 Å². The molecule has 0 bridgehead atoms. The molecule has 0 radical (unpaired) electrons. The summed E-state index contributed by atoms with van der Waals surface area (Å²) in [6.07, 6.45) is 4.28. The third-order valence-electron chi connectivity index (χ3n) is 3.60. The van der Waals surface area contributed by atoms with E-state index in [1.54, 1.807) is 0 Å². The van der Waals surface area contributed by atoms with Crippen molar-refractivity contribution in [2.45, 2.75) is 64.6 Å². The highest BCUT2D eigenvalue weighted by Crippen LogP contribution is 2.32. The Labute approximate surface area is 114 Å². The SMILES string of the molecule is CC(C(=O)NC(C)(C)C)n1ccc2c1CCCC2O. The second-order valence-corrected chi connectivity index (χ2v) is 6.45. The number of rotatable bonds is 2. The van der Waals surface area contributed by atoms with Gasteiger partial charge in [-0.1, -0.05) is 0 Å². The quantitative estimate of drug-likeness (QED) is 0.861. The van der Waals surface area contributed by atoms with Crippen molar-refractivity contribution in [2.75, 3.05) is 0 Å². The summed E-state index contributed by atoms with van der Waals surface area (Å²) in [6, 6.07) is 1.70. The average Bonchev–Trinajstić information content (AvgIpc) is 2.71. The van der Waals surface area contributed by atoms with Gasteiger partial charge in [0.1, 0.15) is 6.04 Å². The largest absolute Gasteiger partial charge is 0.388 e. The summed E-state index contributed by atoms with van der Waals surface area (Å²) in [5, 5.41) is 13.0. The number of hydrogen-bond donors (Lipinski definition) is 2. The fraction of sp³-hybridized carbons (Fsp3) is 0.667.